The Kier molecular flexibility index (Phi) is 7.41. The van der Waals surface area contributed by atoms with Crippen LogP contribution in [-0.4, -0.2) is 40.3 Å². The van der Waals surface area contributed by atoms with Gasteiger partial charge in [0.2, 0.25) is 5.89 Å². The molecule has 1 unspecified atom stereocenters. The van der Waals surface area contributed by atoms with Gasteiger partial charge in [-0.25, -0.2) is 4.98 Å². The molecule has 5 heteroatoms. The van der Waals surface area contributed by atoms with Gasteiger partial charge in [0.15, 0.2) is 5.69 Å². The van der Waals surface area contributed by atoms with Gasteiger partial charge in [0.1, 0.15) is 6.26 Å². The monoisotopic (exact) mass is 385 g/mol. The van der Waals surface area contributed by atoms with Crippen molar-refractivity contribution in [2.45, 2.75) is 72.5 Å². The summed E-state index contributed by atoms with van der Waals surface area (Å²) in [5, 5.41) is 0. The molecule has 0 bridgehead atoms. The van der Waals surface area contributed by atoms with Crippen molar-refractivity contribution in [3.63, 3.8) is 0 Å². The molecule has 1 aromatic carbocycles. The van der Waals surface area contributed by atoms with Gasteiger partial charge in [-0.3, -0.25) is 9.69 Å². The molecule has 2 aromatic rings. The number of oxazole rings is 1. The third-order valence-electron chi connectivity index (χ3n) is 5.35. The molecule has 2 rings (SSSR count). The lowest BCUT2D eigenvalue weighted by atomic mass is 9.87. The number of hydrogen-bond donors (Lipinski definition) is 0. The molecule has 1 amide bonds. The highest BCUT2D eigenvalue weighted by molar-refractivity contribution is 5.91. The average molecular weight is 386 g/mol. The van der Waals surface area contributed by atoms with E-state index in [1.807, 2.05) is 6.92 Å². The Morgan fingerprint density at radius 1 is 1.14 bits per heavy atom. The van der Waals surface area contributed by atoms with E-state index in [9.17, 15) is 4.79 Å². The highest BCUT2D eigenvalue weighted by Crippen LogP contribution is 2.23. The topological polar surface area (TPSA) is 49.6 Å². The lowest BCUT2D eigenvalue weighted by Crippen LogP contribution is -2.32. The van der Waals surface area contributed by atoms with Crippen LogP contribution in [0.5, 0.6) is 0 Å². The summed E-state index contributed by atoms with van der Waals surface area (Å²) in [4.78, 5) is 20.7. The summed E-state index contributed by atoms with van der Waals surface area (Å²) in [6.07, 6.45) is 2.50. The molecule has 0 aliphatic carbocycles. The van der Waals surface area contributed by atoms with Crippen molar-refractivity contribution in [3.8, 4) is 0 Å². The van der Waals surface area contributed by atoms with E-state index in [2.05, 4.69) is 68.8 Å². The molecule has 1 atom stereocenters. The van der Waals surface area contributed by atoms with Gasteiger partial charge in [0.05, 0.1) is 6.54 Å². The molecule has 0 N–H and O–H groups in total. The van der Waals surface area contributed by atoms with Crippen LogP contribution in [0.15, 0.2) is 34.9 Å². The number of carbonyl (C=O) groups excluding carboxylic acids is 1. The minimum absolute atomic E-state index is 0.106. The van der Waals surface area contributed by atoms with E-state index in [0.717, 1.165) is 13.0 Å². The van der Waals surface area contributed by atoms with Crippen LogP contribution in [-0.2, 0) is 18.5 Å². The summed E-state index contributed by atoms with van der Waals surface area (Å²) in [6, 6.07) is 9.22. The lowest BCUT2D eigenvalue weighted by Gasteiger charge is -2.27. The molecular weight excluding hydrogens is 350 g/mol. The molecule has 1 heterocycles. The summed E-state index contributed by atoms with van der Waals surface area (Å²) < 4.78 is 5.61. The fraction of sp³-hybridized carbons (Fsp3) is 0.565. The number of benzene rings is 1. The zero-order chi connectivity index (χ0) is 20.9. The van der Waals surface area contributed by atoms with E-state index >= 15 is 0 Å². The van der Waals surface area contributed by atoms with Crippen molar-refractivity contribution < 1.29 is 9.21 Å². The number of carbonyl (C=O) groups is 1. The zero-order valence-corrected chi connectivity index (χ0v) is 18.5. The fourth-order valence-electron chi connectivity index (χ4n) is 2.97. The Bertz CT molecular complexity index is 759. The predicted molar refractivity (Wildman–Crippen MR) is 113 cm³/mol. The summed E-state index contributed by atoms with van der Waals surface area (Å²) in [5.41, 5.74) is 3.13. The summed E-state index contributed by atoms with van der Waals surface area (Å²) in [7, 11) is 1.77. The van der Waals surface area contributed by atoms with E-state index in [-0.39, 0.29) is 11.3 Å². The smallest absolute Gasteiger partial charge is 0.275 e. The van der Waals surface area contributed by atoms with Crippen LogP contribution in [0.25, 0.3) is 0 Å². The van der Waals surface area contributed by atoms with Crippen LogP contribution in [0.4, 0.5) is 0 Å². The van der Waals surface area contributed by atoms with Crippen LogP contribution in [0.2, 0.25) is 0 Å². The Hall–Kier alpha value is -2.14. The molecule has 5 nitrogen and oxygen atoms in total. The number of rotatable bonds is 8. The Morgan fingerprint density at radius 3 is 2.32 bits per heavy atom. The molecule has 0 saturated carbocycles. The summed E-state index contributed by atoms with van der Waals surface area (Å²) in [5.74, 6) is 0.477. The molecule has 0 saturated heterocycles. The SMILES string of the molecule is CCC(C)N(Cc1ccc(C(C)(C)C)cc1)Cc1nc(C(=O)N(C)CC)co1. The Morgan fingerprint density at radius 2 is 1.79 bits per heavy atom. The molecule has 0 fully saturated rings. The first-order chi connectivity index (χ1) is 13.2. The maximum Gasteiger partial charge on any atom is 0.275 e. The lowest BCUT2D eigenvalue weighted by molar-refractivity contribution is 0.0796. The van der Waals surface area contributed by atoms with E-state index in [4.69, 9.17) is 4.42 Å². The second kappa shape index (κ2) is 9.37. The van der Waals surface area contributed by atoms with Gasteiger partial charge >= 0.3 is 0 Å². The van der Waals surface area contributed by atoms with Crippen LogP contribution < -0.4 is 0 Å². The molecule has 1 aromatic heterocycles. The zero-order valence-electron chi connectivity index (χ0n) is 18.5. The van der Waals surface area contributed by atoms with Crippen LogP contribution >= 0.6 is 0 Å². The average Bonchev–Trinajstić information content (AvgIpc) is 3.13. The highest BCUT2D eigenvalue weighted by Gasteiger charge is 2.20. The molecular formula is C23H35N3O2. The van der Waals surface area contributed by atoms with Crippen LogP contribution in [0.3, 0.4) is 0 Å². The Labute approximate surface area is 169 Å². The molecule has 0 spiro atoms. The maximum atomic E-state index is 12.3. The van der Waals surface area contributed by atoms with Crippen molar-refractivity contribution in [1.29, 1.82) is 0 Å². The minimum atomic E-state index is -0.106. The first-order valence-electron chi connectivity index (χ1n) is 10.2. The molecule has 154 valence electrons. The molecule has 28 heavy (non-hydrogen) atoms. The van der Waals surface area contributed by atoms with Gasteiger partial charge in [-0.1, -0.05) is 52.0 Å². The van der Waals surface area contributed by atoms with Crippen LogP contribution in [0, 0.1) is 0 Å². The number of nitrogens with zero attached hydrogens (tertiary/aromatic N) is 3. The van der Waals surface area contributed by atoms with E-state index in [0.29, 0.717) is 30.7 Å². The van der Waals surface area contributed by atoms with E-state index < -0.39 is 0 Å². The second-order valence-corrected chi connectivity index (χ2v) is 8.55. The van der Waals surface area contributed by atoms with Crippen molar-refractivity contribution in [1.82, 2.24) is 14.8 Å². The first kappa shape index (κ1) is 22.2. The molecule has 0 aliphatic heterocycles. The first-order valence-corrected chi connectivity index (χ1v) is 10.2. The summed E-state index contributed by atoms with van der Waals surface area (Å²) in [6.45, 7) is 15.1. The molecule has 0 aliphatic rings. The van der Waals surface area contributed by atoms with Crippen molar-refractivity contribution in [3.05, 3.63) is 53.2 Å². The Balaban J connectivity index is 2.12. The molecule has 0 radical (unpaired) electrons. The van der Waals surface area contributed by atoms with E-state index in [1.165, 1.54) is 17.4 Å². The van der Waals surface area contributed by atoms with Crippen molar-refractivity contribution in [2.75, 3.05) is 13.6 Å². The number of amides is 1. The van der Waals surface area contributed by atoms with Gasteiger partial charge < -0.3 is 9.32 Å². The number of aromatic nitrogens is 1. The van der Waals surface area contributed by atoms with Gasteiger partial charge in [-0.05, 0) is 36.8 Å². The maximum absolute atomic E-state index is 12.3. The van der Waals surface area contributed by atoms with Gasteiger partial charge in [0, 0.05) is 26.2 Å². The third-order valence-corrected chi connectivity index (χ3v) is 5.35. The predicted octanol–water partition coefficient (Wildman–Crippen LogP) is 4.86. The third kappa shape index (κ3) is 5.68. The second-order valence-electron chi connectivity index (χ2n) is 8.55. The highest BCUT2D eigenvalue weighted by atomic mass is 16.3. The minimum Gasteiger partial charge on any atom is -0.447 e. The van der Waals surface area contributed by atoms with Crippen molar-refractivity contribution in [2.24, 2.45) is 0 Å². The van der Waals surface area contributed by atoms with Crippen LogP contribution in [0.1, 0.15) is 75.5 Å². The number of hydrogen-bond acceptors (Lipinski definition) is 4. The standard InChI is InChI=1S/C23H35N3O2/c1-8-17(3)26(14-18-10-12-19(13-11-18)23(4,5)6)15-21-24-20(16-28-21)22(27)25(7)9-2/h10-13,16-17H,8-9,14-15H2,1-7H3. The quantitative estimate of drug-likeness (QED) is 0.651. The van der Waals surface area contributed by atoms with E-state index in [1.54, 1.807) is 11.9 Å². The fourth-order valence-corrected chi connectivity index (χ4v) is 2.97. The van der Waals surface area contributed by atoms with Gasteiger partial charge in [-0.2, -0.15) is 0 Å². The normalized spacial score (nSPS) is 13.0. The van der Waals surface area contributed by atoms with Crippen molar-refractivity contribution >= 4 is 5.91 Å². The van der Waals surface area contributed by atoms with Gasteiger partial charge in [-0.15, -0.1) is 0 Å². The summed E-state index contributed by atoms with van der Waals surface area (Å²) >= 11 is 0. The van der Waals surface area contributed by atoms with Gasteiger partial charge in [0.25, 0.3) is 5.91 Å². The largest absolute Gasteiger partial charge is 0.447 e.